The molecule has 0 heterocycles. The number of hydrogen-bond acceptors (Lipinski definition) is 1. The van der Waals surface area contributed by atoms with Crippen molar-refractivity contribution in [2.75, 3.05) is 0 Å². The molecule has 17 heavy (non-hydrogen) atoms. The largest absolute Gasteiger partial charge is 0.321 e. The molecule has 0 bridgehead atoms. The average Bonchev–Trinajstić information content (AvgIpc) is 2.36. The SMILES string of the molecule is Br.CCc1cccc(C(N)(CC)CC)c1CC. The van der Waals surface area contributed by atoms with Gasteiger partial charge in [-0.05, 0) is 42.4 Å². The van der Waals surface area contributed by atoms with Crippen LogP contribution in [0.25, 0.3) is 0 Å². The highest BCUT2D eigenvalue weighted by molar-refractivity contribution is 8.93. The van der Waals surface area contributed by atoms with Gasteiger partial charge in [0.2, 0.25) is 0 Å². The van der Waals surface area contributed by atoms with Gasteiger partial charge in [-0.25, -0.2) is 0 Å². The van der Waals surface area contributed by atoms with Gasteiger partial charge in [-0.3, -0.25) is 0 Å². The maximum Gasteiger partial charge on any atom is 0.0407 e. The predicted molar refractivity (Wildman–Crippen MR) is 82.0 cm³/mol. The average molecular weight is 300 g/mol. The molecule has 1 nitrogen and oxygen atoms in total. The molecule has 1 aromatic rings. The standard InChI is InChI=1S/C15H25N.BrH/c1-5-12-10-9-11-14(13(12)6-2)15(16,7-3)8-4;/h9-11H,5-8,16H2,1-4H3;1H. The van der Waals surface area contributed by atoms with E-state index < -0.39 is 0 Å². The Morgan fingerprint density at radius 1 is 1.00 bits per heavy atom. The molecule has 0 atom stereocenters. The van der Waals surface area contributed by atoms with Gasteiger partial charge in [0.25, 0.3) is 0 Å². The summed E-state index contributed by atoms with van der Waals surface area (Å²) in [7, 11) is 0. The number of nitrogens with two attached hydrogens (primary N) is 1. The van der Waals surface area contributed by atoms with Crippen LogP contribution in [0, 0.1) is 0 Å². The van der Waals surface area contributed by atoms with Crippen molar-refractivity contribution >= 4 is 17.0 Å². The Labute approximate surface area is 117 Å². The molecule has 0 aliphatic rings. The third-order valence-corrected chi connectivity index (χ3v) is 3.81. The molecule has 0 aromatic heterocycles. The van der Waals surface area contributed by atoms with Crippen molar-refractivity contribution in [3.63, 3.8) is 0 Å². The van der Waals surface area contributed by atoms with Crippen LogP contribution >= 0.6 is 17.0 Å². The fraction of sp³-hybridized carbons (Fsp3) is 0.600. The van der Waals surface area contributed by atoms with Crippen LogP contribution in [0.2, 0.25) is 0 Å². The zero-order valence-electron chi connectivity index (χ0n) is 11.5. The lowest BCUT2D eigenvalue weighted by molar-refractivity contribution is 0.409. The van der Waals surface area contributed by atoms with Gasteiger partial charge in [-0.15, -0.1) is 17.0 Å². The van der Waals surface area contributed by atoms with E-state index in [-0.39, 0.29) is 22.5 Å². The minimum absolute atomic E-state index is 0. The van der Waals surface area contributed by atoms with Crippen molar-refractivity contribution < 1.29 is 0 Å². The van der Waals surface area contributed by atoms with Crippen molar-refractivity contribution in [3.8, 4) is 0 Å². The van der Waals surface area contributed by atoms with E-state index in [9.17, 15) is 0 Å². The van der Waals surface area contributed by atoms with E-state index in [4.69, 9.17) is 5.73 Å². The molecule has 0 radical (unpaired) electrons. The van der Waals surface area contributed by atoms with Gasteiger partial charge in [0.05, 0.1) is 0 Å². The Hall–Kier alpha value is -0.340. The number of aryl methyl sites for hydroxylation is 1. The Balaban J connectivity index is 0.00000256. The quantitative estimate of drug-likeness (QED) is 0.859. The van der Waals surface area contributed by atoms with Crippen LogP contribution in [0.4, 0.5) is 0 Å². The van der Waals surface area contributed by atoms with E-state index in [2.05, 4.69) is 45.9 Å². The maximum atomic E-state index is 6.52. The summed E-state index contributed by atoms with van der Waals surface area (Å²) in [5.41, 5.74) is 10.7. The van der Waals surface area contributed by atoms with Crippen molar-refractivity contribution in [3.05, 3.63) is 34.9 Å². The number of benzene rings is 1. The molecular formula is C15H26BrN. The van der Waals surface area contributed by atoms with Crippen LogP contribution in [-0.2, 0) is 18.4 Å². The zero-order chi connectivity index (χ0) is 12.2. The van der Waals surface area contributed by atoms with Gasteiger partial charge in [0, 0.05) is 5.54 Å². The molecule has 0 unspecified atom stereocenters. The van der Waals surface area contributed by atoms with Gasteiger partial charge in [0.15, 0.2) is 0 Å². The monoisotopic (exact) mass is 299 g/mol. The molecule has 0 aliphatic heterocycles. The highest BCUT2D eigenvalue weighted by Gasteiger charge is 2.25. The van der Waals surface area contributed by atoms with Gasteiger partial charge in [-0.2, -0.15) is 0 Å². The van der Waals surface area contributed by atoms with E-state index in [0.29, 0.717) is 0 Å². The van der Waals surface area contributed by atoms with Crippen LogP contribution in [0.5, 0.6) is 0 Å². The summed E-state index contributed by atoms with van der Waals surface area (Å²) in [5, 5.41) is 0. The van der Waals surface area contributed by atoms with Crippen LogP contribution < -0.4 is 5.73 Å². The number of rotatable bonds is 5. The molecule has 98 valence electrons. The van der Waals surface area contributed by atoms with Crippen molar-refractivity contribution in [2.24, 2.45) is 5.73 Å². The van der Waals surface area contributed by atoms with Gasteiger partial charge in [0.1, 0.15) is 0 Å². The molecule has 2 N–H and O–H groups in total. The van der Waals surface area contributed by atoms with E-state index in [1.54, 1.807) is 0 Å². The molecule has 1 rings (SSSR count). The maximum absolute atomic E-state index is 6.52. The minimum Gasteiger partial charge on any atom is -0.321 e. The Kier molecular flexibility index (Phi) is 7.03. The Morgan fingerprint density at radius 3 is 2.00 bits per heavy atom. The Bertz CT molecular complexity index is 343. The molecular weight excluding hydrogens is 274 g/mol. The Morgan fingerprint density at radius 2 is 1.59 bits per heavy atom. The van der Waals surface area contributed by atoms with E-state index >= 15 is 0 Å². The normalized spacial score (nSPS) is 11.1. The fourth-order valence-electron chi connectivity index (χ4n) is 2.48. The number of halogens is 1. The van der Waals surface area contributed by atoms with Crippen molar-refractivity contribution in [1.29, 1.82) is 0 Å². The summed E-state index contributed by atoms with van der Waals surface area (Å²) in [6.45, 7) is 8.81. The van der Waals surface area contributed by atoms with Crippen molar-refractivity contribution in [1.82, 2.24) is 0 Å². The lowest BCUT2D eigenvalue weighted by Gasteiger charge is -2.30. The summed E-state index contributed by atoms with van der Waals surface area (Å²) < 4.78 is 0. The summed E-state index contributed by atoms with van der Waals surface area (Å²) in [5.74, 6) is 0. The first-order valence-electron chi connectivity index (χ1n) is 6.53. The van der Waals surface area contributed by atoms with Crippen LogP contribution in [0.15, 0.2) is 18.2 Å². The second kappa shape index (κ2) is 7.17. The molecule has 0 saturated carbocycles. The topological polar surface area (TPSA) is 26.0 Å². The summed E-state index contributed by atoms with van der Waals surface area (Å²) >= 11 is 0. The fourth-order valence-corrected chi connectivity index (χ4v) is 2.48. The zero-order valence-corrected chi connectivity index (χ0v) is 13.3. The van der Waals surface area contributed by atoms with Gasteiger partial charge in [-0.1, -0.05) is 45.9 Å². The van der Waals surface area contributed by atoms with Crippen molar-refractivity contribution in [2.45, 2.75) is 58.9 Å². The van der Waals surface area contributed by atoms with Crippen LogP contribution in [0.3, 0.4) is 0 Å². The third-order valence-electron chi connectivity index (χ3n) is 3.81. The first kappa shape index (κ1) is 16.7. The molecule has 0 amide bonds. The lowest BCUT2D eigenvalue weighted by atomic mass is 9.80. The van der Waals surface area contributed by atoms with Gasteiger partial charge >= 0.3 is 0 Å². The van der Waals surface area contributed by atoms with E-state index in [0.717, 1.165) is 25.7 Å². The predicted octanol–water partition coefficient (Wildman–Crippen LogP) is 4.36. The highest BCUT2D eigenvalue weighted by atomic mass is 79.9. The summed E-state index contributed by atoms with van der Waals surface area (Å²) in [6.07, 6.45) is 4.19. The molecule has 0 fully saturated rings. The van der Waals surface area contributed by atoms with Crippen LogP contribution in [-0.4, -0.2) is 0 Å². The second-order valence-electron chi connectivity index (χ2n) is 4.51. The third kappa shape index (κ3) is 3.32. The molecule has 0 spiro atoms. The number of hydrogen-bond donors (Lipinski definition) is 1. The molecule has 0 saturated heterocycles. The molecule has 2 heteroatoms. The summed E-state index contributed by atoms with van der Waals surface area (Å²) in [6, 6.07) is 6.60. The molecule has 1 aromatic carbocycles. The van der Waals surface area contributed by atoms with E-state index in [1.807, 2.05) is 0 Å². The minimum atomic E-state index is -0.142. The molecule has 0 aliphatic carbocycles. The smallest absolute Gasteiger partial charge is 0.0407 e. The first-order valence-corrected chi connectivity index (χ1v) is 6.53. The lowest BCUT2D eigenvalue weighted by Crippen LogP contribution is -2.36. The van der Waals surface area contributed by atoms with Crippen LogP contribution in [0.1, 0.15) is 57.2 Å². The highest BCUT2D eigenvalue weighted by Crippen LogP contribution is 2.30. The van der Waals surface area contributed by atoms with E-state index in [1.165, 1.54) is 16.7 Å². The first-order chi connectivity index (χ1) is 7.62. The second-order valence-corrected chi connectivity index (χ2v) is 4.51. The summed E-state index contributed by atoms with van der Waals surface area (Å²) in [4.78, 5) is 0. The van der Waals surface area contributed by atoms with Gasteiger partial charge < -0.3 is 5.73 Å².